The van der Waals surface area contributed by atoms with Gasteiger partial charge in [-0.05, 0) is 19.1 Å². The number of halogens is 4. The molecule has 1 rings (SSSR count). The Hall–Kier alpha value is -1.10. The van der Waals surface area contributed by atoms with Crippen LogP contribution in [0.4, 0.5) is 13.2 Å². The lowest BCUT2D eigenvalue weighted by Crippen LogP contribution is -2.08. The first-order valence-electron chi connectivity index (χ1n) is 4.76. The Kier molecular flexibility index (Phi) is 4.14. The molecular formula is C12H10BrF3O. The maximum atomic E-state index is 12.6. The van der Waals surface area contributed by atoms with Crippen LogP contribution in [0, 0.1) is 0 Å². The van der Waals surface area contributed by atoms with E-state index in [4.69, 9.17) is 0 Å². The standard InChI is InChI=1S/C12H10BrF3O/c1-7(2)5-11(17)8-3-4-10(13)9(6-8)12(14,15)16/h3-4,6H,1,5H2,2H3. The molecule has 0 bridgehead atoms. The Morgan fingerprint density at radius 3 is 2.47 bits per heavy atom. The number of Topliss-reactive ketones (excluding diaryl/α,β-unsaturated/α-hetero) is 1. The van der Waals surface area contributed by atoms with E-state index in [-0.39, 0.29) is 22.2 Å². The van der Waals surface area contributed by atoms with Crippen LogP contribution in [0.5, 0.6) is 0 Å². The fourth-order valence-electron chi connectivity index (χ4n) is 1.29. The van der Waals surface area contributed by atoms with Gasteiger partial charge in [0.2, 0.25) is 0 Å². The van der Waals surface area contributed by atoms with Crippen LogP contribution in [-0.4, -0.2) is 5.78 Å². The van der Waals surface area contributed by atoms with E-state index in [0.717, 1.165) is 6.07 Å². The first-order valence-corrected chi connectivity index (χ1v) is 5.55. The second kappa shape index (κ2) is 5.04. The summed E-state index contributed by atoms with van der Waals surface area (Å²) in [6, 6.07) is 3.45. The molecule has 0 radical (unpaired) electrons. The van der Waals surface area contributed by atoms with Gasteiger partial charge >= 0.3 is 6.18 Å². The van der Waals surface area contributed by atoms with Gasteiger partial charge < -0.3 is 0 Å². The maximum absolute atomic E-state index is 12.6. The molecule has 0 N–H and O–H groups in total. The van der Waals surface area contributed by atoms with Crippen molar-refractivity contribution in [3.63, 3.8) is 0 Å². The van der Waals surface area contributed by atoms with E-state index in [2.05, 4.69) is 22.5 Å². The van der Waals surface area contributed by atoms with E-state index in [0.29, 0.717) is 5.57 Å². The lowest BCUT2D eigenvalue weighted by molar-refractivity contribution is -0.138. The van der Waals surface area contributed by atoms with Gasteiger partial charge in [-0.25, -0.2) is 0 Å². The summed E-state index contributed by atoms with van der Waals surface area (Å²) in [5.41, 5.74) is -0.180. The number of alkyl halides is 3. The molecule has 1 aromatic rings. The highest BCUT2D eigenvalue weighted by Gasteiger charge is 2.33. The Morgan fingerprint density at radius 2 is 2.00 bits per heavy atom. The van der Waals surface area contributed by atoms with E-state index in [1.54, 1.807) is 6.92 Å². The van der Waals surface area contributed by atoms with Gasteiger partial charge in [0.25, 0.3) is 0 Å². The van der Waals surface area contributed by atoms with Crippen LogP contribution in [-0.2, 0) is 6.18 Å². The van der Waals surface area contributed by atoms with Gasteiger partial charge in [0.05, 0.1) is 5.56 Å². The molecule has 17 heavy (non-hydrogen) atoms. The van der Waals surface area contributed by atoms with E-state index < -0.39 is 11.7 Å². The van der Waals surface area contributed by atoms with Crippen LogP contribution in [0.1, 0.15) is 29.3 Å². The van der Waals surface area contributed by atoms with Crippen molar-refractivity contribution in [2.24, 2.45) is 0 Å². The minimum absolute atomic E-state index is 0.0449. The average Bonchev–Trinajstić information content (AvgIpc) is 2.15. The SMILES string of the molecule is C=C(C)CC(=O)c1ccc(Br)c(C(F)(F)F)c1. The molecule has 1 nitrogen and oxygen atoms in total. The smallest absolute Gasteiger partial charge is 0.294 e. The first kappa shape index (κ1) is 14.0. The van der Waals surface area contributed by atoms with Crippen LogP contribution in [0.3, 0.4) is 0 Å². The highest BCUT2D eigenvalue weighted by atomic mass is 79.9. The van der Waals surface area contributed by atoms with Crippen LogP contribution in [0.15, 0.2) is 34.8 Å². The summed E-state index contributed by atoms with van der Waals surface area (Å²) in [4.78, 5) is 11.6. The maximum Gasteiger partial charge on any atom is 0.417 e. The number of allylic oxidation sites excluding steroid dienone is 1. The summed E-state index contributed by atoms with van der Waals surface area (Å²) >= 11 is 2.82. The zero-order chi connectivity index (χ0) is 13.2. The van der Waals surface area contributed by atoms with Crippen LogP contribution in [0.25, 0.3) is 0 Å². The summed E-state index contributed by atoms with van der Waals surface area (Å²) in [7, 11) is 0. The second-order valence-corrected chi connectivity index (χ2v) is 4.60. The number of rotatable bonds is 3. The fraction of sp³-hybridized carbons (Fsp3) is 0.250. The average molecular weight is 307 g/mol. The molecule has 5 heteroatoms. The molecule has 0 unspecified atom stereocenters. The van der Waals surface area contributed by atoms with Gasteiger partial charge in [-0.3, -0.25) is 4.79 Å². The molecule has 0 aromatic heterocycles. The van der Waals surface area contributed by atoms with Gasteiger partial charge in [0, 0.05) is 16.5 Å². The highest BCUT2D eigenvalue weighted by molar-refractivity contribution is 9.10. The Labute approximate surface area is 105 Å². The summed E-state index contributed by atoms with van der Waals surface area (Å²) in [5.74, 6) is -0.365. The number of carbonyl (C=O) groups excluding carboxylic acids is 1. The summed E-state index contributed by atoms with van der Waals surface area (Å²) in [6.45, 7) is 5.21. The molecule has 0 saturated carbocycles. The van der Waals surface area contributed by atoms with Gasteiger partial charge in [-0.1, -0.05) is 34.1 Å². The predicted molar refractivity (Wildman–Crippen MR) is 62.9 cm³/mol. The van der Waals surface area contributed by atoms with E-state index in [1.807, 2.05) is 0 Å². The van der Waals surface area contributed by atoms with Crippen molar-refractivity contribution >= 4 is 21.7 Å². The second-order valence-electron chi connectivity index (χ2n) is 3.75. The van der Waals surface area contributed by atoms with Gasteiger partial charge in [0.15, 0.2) is 5.78 Å². The lowest BCUT2D eigenvalue weighted by atomic mass is 10.0. The van der Waals surface area contributed by atoms with Gasteiger partial charge in [-0.15, -0.1) is 0 Å². The molecular weight excluding hydrogens is 297 g/mol. The normalized spacial score (nSPS) is 11.4. The van der Waals surface area contributed by atoms with E-state index >= 15 is 0 Å². The number of hydrogen-bond acceptors (Lipinski definition) is 1. The fourth-order valence-corrected chi connectivity index (χ4v) is 1.76. The van der Waals surface area contributed by atoms with Crippen LogP contribution < -0.4 is 0 Å². The van der Waals surface area contributed by atoms with E-state index in [9.17, 15) is 18.0 Å². The summed E-state index contributed by atoms with van der Waals surface area (Å²) in [5, 5.41) is 0. The van der Waals surface area contributed by atoms with Crippen molar-refractivity contribution in [1.82, 2.24) is 0 Å². The third-order valence-corrected chi connectivity index (χ3v) is 2.75. The number of hydrogen-bond donors (Lipinski definition) is 0. The molecule has 0 spiro atoms. The van der Waals surface area contributed by atoms with Crippen molar-refractivity contribution < 1.29 is 18.0 Å². The lowest BCUT2D eigenvalue weighted by Gasteiger charge is -2.10. The molecule has 0 heterocycles. The molecule has 0 fully saturated rings. The quantitative estimate of drug-likeness (QED) is 0.588. The number of carbonyl (C=O) groups is 1. The zero-order valence-corrected chi connectivity index (χ0v) is 10.7. The Bertz CT molecular complexity index is 463. The molecule has 0 saturated heterocycles. The Morgan fingerprint density at radius 1 is 1.41 bits per heavy atom. The third-order valence-electron chi connectivity index (χ3n) is 2.06. The molecule has 0 aliphatic rings. The van der Waals surface area contributed by atoms with Crippen molar-refractivity contribution in [2.45, 2.75) is 19.5 Å². The molecule has 0 aliphatic heterocycles. The zero-order valence-electron chi connectivity index (χ0n) is 9.07. The topological polar surface area (TPSA) is 17.1 Å². The van der Waals surface area contributed by atoms with Crippen molar-refractivity contribution in [3.8, 4) is 0 Å². The largest absolute Gasteiger partial charge is 0.417 e. The first-order chi connectivity index (χ1) is 7.71. The summed E-state index contributed by atoms with van der Waals surface area (Å²) in [6.07, 6.45) is -4.42. The van der Waals surface area contributed by atoms with Gasteiger partial charge in [-0.2, -0.15) is 13.2 Å². The molecule has 0 atom stereocenters. The monoisotopic (exact) mass is 306 g/mol. The number of ketones is 1. The van der Waals surface area contributed by atoms with Crippen LogP contribution >= 0.6 is 15.9 Å². The van der Waals surface area contributed by atoms with Crippen molar-refractivity contribution in [1.29, 1.82) is 0 Å². The predicted octanol–water partition coefficient (Wildman–Crippen LogP) is 4.62. The molecule has 0 amide bonds. The Balaban J connectivity index is 3.13. The van der Waals surface area contributed by atoms with Crippen molar-refractivity contribution in [3.05, 3.63) is 46.0 Å². The minimum atomic E-state index is -4.47. The number of benzene rings is 1. The van der Waals surface area contributed by atoms with Crippen LogP contribution in [0.2, 0.25) is 0 Å². The molecule has 0 aliphatic carbocycles. The summed E-state index contributed by atoms with van der Waals surface area (Å²) < 4.78 is 37.7. The highest BCUT2D eigenvalue weighted by Crippen LogP contribution is 2.35. The molecule has 92 valence electrons. The molecule has 1 aromatic carbocycles. The van der Waals surface area contributed by atoms with Crippen molar-refractivity contribution in [2.75, 3.05) is 0 Å². The van der Waals surface area contributed by atoms with E-state index in [1.165, 1.54) is 12.1 Å². The van der Waals surface area contributed by atoms with Gasteiger partial charge in [0.1, 0.15) is 0 Å². The minimum Gasteiger partial charge on any atom is -0.294 e. The third kappa shape index (κ3) is 3.70.